The summed E-state index contributed by atoms with van der Waals surface area (Å²) in [4.78, 5) is 0. The highest BCUT2D eigenvalue weighted by Crippen LogP contribution is 2.16. The number of benzene rings is 1. The van der Waals surface area contributed by atoms with Gasteiger partial charge in [0.15, 0.2) is 11.6 Å². The minimum absolute atomic E-state index is 0.0823. The third-order valence-electron chi connectivity index (χ3n) is 3.12. The van der Waals surface area contributed by atoms with Crippen LogP contribution in [0.15, 0.2) is 18.2 Å². The summed E-state index contributed by atoms with van der Waals surface area (Å²) in [6.07, 6.45) is -1.85. The summed E-state index contributed by atoms with van der Waals surface area (Å²) in [6, 6.07) is 2.89. The molecule has 124 valence electrons. The zero-order chi connectivity index (χ0) is 16.2. The minimum atomic E-state index is -3.69. The highest BCUT2D eigenvalue weighted by molar-refractivity contribution is 7.89. The second-order valence-electron chi connectivity index (χ2n) is 4.89. The standard InChI is InChI=1S/C13H17F2NO5S/c14-11-2-1-9(5-12(11)15)13(17)6-16-22(18,19)8-10-7-20-3-4-21-10/h1-2,5,10,13,16-17H,3-4,6-8H2. The summed E-state index contributed by atoms with van der Waals surface area (Å²) in [5.74, 6) is -2.43. The highest BCUT2D eigenvalue weighted by Gasteiger charge is 2.23. The molecule has 2 rings (SSSR count). The molecule has 2 N–H and O–H groups in total. The average molecular weight is 337 g/mol. The van der Waals surface area contributed by atoms with Crippen molar-refractivity contribution in [1.29, 1.82) is 0 Å². The summed E-state index contributed by atoms with van der Waals surface area (Å²) in [6.45, 7) is 0.601. The summed E-state index contributed by atoms with van der Waals surface area (Å²) in [7, 11) is -3.69. The van der Waals surface area contributed by atoms with Crippen molar-refractivity contribution in [2.24, 2.45) is 0 Å². The first-order chi connectivity index (χ1) is 10.4. The number of aliphatic hydroxyl groups is 1. The molecule has 2 atom stereocenters. The molecule has 0 spiro atoms. The van der Waals surface area contributed by atoms with Crippen LogP contribution in [0.5, 0.6) is 0 Å². The Balaban J connectivity index is 1.88. The fourth-order valence-corrected chi connectivity index (χ4v) is 3.19. The molecule has 1 aromatic carbocycles. The maximum Gasteiger partial charge on any atom is 0.214 e. The number of sulfonamides is 1. The second-order valence-corrected chi connectivity index (χ2v) is 6.74. The van der Waals surface area contributed by atoms with E-state index in [1.54, 1.807) is 0 Å². The van der Waals surface area contributed by atoms with Crippen molar-refractivity contribution in [2.45, 2.75) is 12.2 Å². The van der Waals surface area contributed by atoms with Gasteiger partial charge in [0.25, 0.3) is 0 Å². The molecule has 0 amide bonds. The van der Waals surface area contributed by atoms with Crippen LogP contribution in [-0.2, 0) is 19.5 Å². The normalized spacial score (nSPS) is 20.8. The predicted molar refractivity (Wildman–Crippen MR) is 73.7 cm³/mol. The van der Waals surface area contributed by atoms with Crippen LogP contribution in [0.2, 0.25) is 0 Å². The Kier molecular flexibility index (Phi) is 5.81. The summed E-state index contributed by atoms with van der Waals surface area (Å²) >= 11 is 0. The quantitative estimate of drug-likeness (QED) is 0.782. The van der Waals surface area contributed by atoms with E-state index in [1.807, 2.05) is 0 Å². The lowest BCUT2D eigenvalue weighted by Gasteiger charge is -2.23. The molecular formula is C13H17F2NO5S. The molecule has 0 saturated carbocycles. The van der Waals surface area contributed by atoms with Crippen molar-refractivity contribution in [1.82, 2.24) is 4.72 Å². The highest BCUT2D eigenvalue weighted by atomic mass is 32.2. The fraction of sp³-hybridized carbons (Fsp3) is 0.538. The number of ether oxygens (including phenoxy) is 2. The molecular weight excluding hydrogens is 320 g/mol. The van der Waals surface area contributed by atoms with Gasteiger partial charge in [-0.25, -0.2) is 21.9 Å². The van der Waals surface area contributed by atoms with Crippen LogP contribution in [0, 0.1) is 11.6 Å². The zero-order valence-corrected chi connectivity index (χ0v) is 12.5. The predicted octanol–water partition coefficient (Wildman–Crippen LogP) is 0.333. The molecule has 2 unspecified atom stereocenters. The average Bonchev–Trinajstić information content (AvgIpc) is 2.48. The van der Waals surface area contributed by atoms with Crippen LogP contribution >= 0.6 is 0 Å². The number of hydrogen-bond donors (Lipinski definition) is 2. The van der Waals surface area contributed by atoms with Crippen LogP contribution < -0.4 is 4.72 Å². The van der Waals surface area contributed by atoms with Crippen molar-refractivity contribution >= 4 is 10.0 Å². The fourth-order valence-electron chi connectivity index (χ4n) is 1.98. The maximum atomic E-state index is 13.1. The van der Waals surface area contributed by atoms with E-state index >= 15 is 0 Å². The van der Waals surface area contributed by atoms with Gasteiger partial charge < -0.3 is 14.6 Å². The van der Waals surface area contributed by atoms with Crippen LogP contribution in [0.3, 0.4) is 0 Å². The molecule has 1 fully saturated rings. The molecule has 0 aliphatic carbocycles. The Morgan fingerprint density at radius 2 is 2.09 bits per heavy atom. The van der Waals surface area contributed by atoms with E-state index in [9.17, 15) is 22.3 Å². The molecule has 22 heavy (non-hydrogen) atoms. The van der Waals surface area contributed by atoms with E-state index < -0.39 is 33.9 Å². The third kappa shape index (κ3) is 4.96. The topological polar surface area (TPSA) is 84.9 Å². The molecule has 9 heteroatoms. The van der Waals surface area contributed by atoms with Gasteiger partial charge in [-0.3, -0.25) is 0 Å². The lowest BCUT2D eigenvalue weighted by atomic mass is 10.1. The largest absolute Gasteiger partial charge is 0.387 e. The Bertz CT molecular complexity index is 604. The van der Waals surface area contributed by atoms with Crippen LogP contribution in [0.1, 0.15) is 11.7 Å². The first-order valence-corrected chi connectivity index (χ1v) is 8.32. The molecule has 1 aliphatic rings. The Labute approximate surface area is 127 Å². The number of nitrogens with one attached hydrogen (secondary N) is 1. The van der Waals surface area contributed by atoms with E-state index in [0.29, 0.717) is 13.2 Å². The van der Waals surface area contributed by atoms with Crippen molar-refractivity contribution in [3.05, 3.63) is 35.4 Å². The minimum Gasteiger partial charge on any atom is -0.387 e. The van der Waals surface area contributed by atoms with Crippen molar-refractivity contribution < 1.29 is 31.8 Å². The molecule has 1 aliphatic heterocycles. The zero-order valence-electron chi connectivity index (χ0n) is 11.7. The monoisotopic (exact) mass is 337 g/mol. The van der Waals surface area contributed by atoms with Crippen molar-refractivity contribution in [2.75, 3.05) is 32.1 Å². The smallest absolute Gasteiger partial charge is 0.214 e. The molecule has 0 bridgehead atoms. The second kappa shape index (κ2) is 7.42. The van der Waals surface area contributed by atoms with Gasteiger partial charge in [-0.2, -0.15) is 0 Å². The Morgan fingerprint density at radius 3 is 2.73 bits per heavy atom. The van der Waals surface area contributed by atoms with Gasteiger partial charge in [0, 0.05) is 6.54 Å². The summed E-state index contributed by atoms with van der Waals surface area (Å²) in [5, 5.41) is 9.83. The van der Waals surface area contributed by atoms with Crippen molar-refractivity contribution in [3.63, 3.8) is 0 Å². The van der Waals surface area contributed by atoms with E-state index in [1.165, 1.54) is 6.07 Å². The molecule has 6 nitrogen and oxygen atoms in total. The Morgan fingerprint density at radius 1 is 1.32 bits per heavy atom. The lowest BCUT2D eigenvalue weighted by molar-refractivity contribution is -0.0783. The first kappa shape index (κ1) is 17.2. The van der Waals surface area contributed by atoms with E-state index in [2.05, 4.69) is 4.72 Å². The van der Waals surface area contributed by atoms with Gasteiger partial charge in [0.05, 0.1) is 37.8 Å². The van der Waals surface area contributed by atoms with E-state index in [4.69, 9.17) is 9.47 Å². The summed E-state index contributed by atoms with van der Waals surface area (Å²) < 4.78 is 62.1. The SMILES string of the molecule is O=S(=O)(CC1COCCO1)NCC(O)c1ccc(F)c(F)c1. The van der Waals surface area contributed by atoms with Crippen LogP contribution in [0.25, 0.3) is 0 Å². The molecule has 1 aromatic rings. The third-order valence-corrected chi connectivity index (χ3v) is 4.53. The van der Waals surface area contributed by atoms with Gasteiger partial charge >= 0.3 is 0 Å². The molecule has 1 saturated heterocycles. The van der Waals surface area contributed by atoms with Gasteiger partial charge in [0.1, 0.15) is 0 Å². The Hall–Kier alpha value is -1.13. The first-order valence-electron chi connectivity index (χ1n) is 6.67. The molecule has 0 radical (unpaired) electrons. The van der Waals surface area contributed by atoms with Crippen LogP contribution in [0.4, 0.5) is 8.78 Å². The lowest BCUT2D eigenvalue weighted by Crippen LogP contribution is -2.40. The molecule has 1 heterocycles. The maximum absolute atomic E-state index is 13.1. The summed E-state index contributed by atoms with van der Waals surface area (Å²) in [5.41, 5.74) is 0.0823. The van der Waals surface area contributed by atoms with Crippen LogP contribution in [-0.4, -0.2) is 51.7 Å². The number of halogens is 2. The molecule has 0 aromatic heterocycles. The van der Waals surface area contributed by atoms with Crippen molar-refractivity contribution in [3.8, 4) is 0 Å². The van der Waals surface area contributed by atoms with Gasteiger partial charge in [-0.05, 0) is 17.7 Å². The number of rotatable bonds is 6. The van der Waals surface area contributed by atoms with Gasteiger partial charge in [0.2, 0.25) is 10.0 Å². The number of hydrogen-bond acceptors (Lipinski definition) is 5. The van der Waals surface area contributed by atoms with Gasteiger partial charge in [-0.1, -0.05) is 6.07 Å². The van der Waals surface area contributed by atoms with E-state index in [0.717, 1.165) is 12.1 Å². The van der Waals surface area contributed by atoms with Gasteiger partial charge in [-0.15, -0.1) is 0 Å². The van der Waals surface area contributed by atoms with E-state index in [-0.39, 0.29) is 24.5 Å². The number of aliphatic hydroxyl groups excluding tert-OH is 1.